The van der Waals surface area contributed by atoms with Crippen LogP contribution in [0.15, 0.2) is 23.2 Å². The predicted octanol–water partition coefficient (Wildman–Crippen LogP) is 2.87. The van der Waals surface area contributed by atoms with E-state index in [0.29, 0.717) is 17.5 Å². The lowest BCUT2D eigenvalue weighted by Gasteiger charge is -2.28. The monoisotopic (exact) mass is 363 g/mol. The molecule has 0 saturated heterocycles. The Kier molecular flexibility index (Phi) is 8.04. The average molecular weight is 364 g/mol. The van der Waals surface area contributed by atoms with Crippen LogP contribution in [-0.2, 0) is 0 Å². The van der Waals surface area contributed by atoms with Crippen LogP contribution >= 0.6 is 0 Å². The summed E-state index contributed by atoms with van der Waals surface area (Å²) in [5.41, 5.74) is 0.729. The fourth-order valence-electron chi connectivity index (χ4n) is 3.22. The molecule has 1 aliphatic rings. The number of ether oxygens (including phenoxy) is 2. The number of rotatable bonds is 7. The number of aliphatic imine (C=N–C) groups is 1. The summed E-state index contributed by atoms with van der Waals surface area (Å²) in [6, 6.07) is 5.87. The zero-order valence-corrected chi connectivity index (χ0v) is 16.4. The van der Waals surface area contributed by atoms with Gasteiger partial charge in [-0.2, -0.15) is 0 Å². The molecule has 146 valence electrons. The number of aliphatic hydroxyl groups excluding tert-OH is 1. The molecule has 1 aliphatic carbocycles. The fourth-order valence-corrected chi connectivity index (χ4v) is 3.22. The smallest absolute Gasteiger partial charge is 0.191 e. The van der Waals surface area contributed by atoms with E-state index >= 15 is 0 Å². The maximum absolute atomic E-state index is 10.5. The first kappa shape index (κ1) is 20.4. The first-order valence-electron chi connectivity index (χ1n) is 9.51. The molecule has 1 aromatic rings. The maximum Gasteiger partial charge on any atom is 0.191 e. The van der Waals surface area contributed by atoms with Crippen LogP contribution in [0, 0.1) is 5.92 Å². The minimum atomic E-state index is -0.721. The van der Waals surface area contributed by atoms with Gasteiger partial charge in [0, 0.05) is 18.7 Å². The average Bonchev–Trinajstić information content (AvgIpc) is 2.67. The summed E-state index contributed by atoms with van der Waals surface area (Å²) in [7, 11) is 3.20. The second-order valence-corrected chi connectivity index (χ2v) is 6.98. The van der Waals surface area contributed by atoms with Gasteiger partial charge in [-0.15, -0.1) is 0 Å². The molecule has 1 unspecified atom stereocenters. The van der Waals surface area contributed by atoms with E-state index in [0.717, 1.165) is 24.0 Å². The summed E-state index contributed by atoms with van der Waals surface area (Å²) in [5.74, 6) is 2.89. The Labute approximate surface area is 157 Å². The topological polar surface area (TPSA) is 75.1 Å². The molecule has 26 heavy (non-hydrogen) atoms. The molecule has 6 nitrogen and oxygen atoms in total. The number of benzene rings is 1. The van der Waals surface area contributed by atoms with Gasteiger partial charge in [0.25, 0.3) is 0 Å². The Hall–Kier alpha value is -1.95. The van der Waals surface area contributed by atoms with Gasteiger partial charge in [0.15, 0.2) is 5.96 Å². The molecule has 0 heterocycles. The SMILES string of the molecule is CCNC(=NCC(O)c1cc(OC)cc(OC)c1)NC1CCC(C)CC1. The van der Waals surface area contributed by atoms with Crippen molar-refractivity contribution in [2.75, 3.05) is 27.3 Å². The second-order valence-electron chi connectivity index (χ2n) is 6.98. The highest BCUT2D eigenvalue weighted by atomic mass is 16.5. The van der Waals surface area contributed by atoms with E-state index in [2.05, 4.69) is 22.5 Å². The highest BCUT2D eigenvalue weighted by Gasteiger charge is 2.19. The van der Waals surface area contributed by atoms with Gasteiger partial charge in [-0.1, -0.05) is 6.92 Å². The van der Waals surface area contributed by atoms with Crippen LogP contribution in [0.25, 0.3) is 0 Å². The number of guanidine groups is 1. The summed E-state index contributed by atoms with van der Waals surface area (Å²) in [5, 5.41) is 17.3. The highest BCUT2D eigenvalue weighted by molar-refractivity contribution is 5.80. The van der Waals surface area contributed by atoms with Crippen LogP contribution in [0.1, 0.15) is 51.2 Å². The standard InChI is InChI=1S/C20H33N3O3/c1-5-21-20(23-16-8-6-14(2)7-9-16)22-13-19(24)15-10-17(25-3)12-18(11-15)26-4/h10-12,14,16,19,24H,5-9,13H2,1-4H3,(H2,21,22,23). The zero-order valence-electron chi connectivity index (χ0n) is 16.4. The summed E-state index contributed by atoms with van der Waals surface area (Å²) in [4.78, 5) is 4.58. The molecule has 2 rings (SSSR count). The van der Waals surface area contributed by atoms with Crippen LogP contribution in [-0.4, -0.2) is 44.4 Å². The molecule has 6 heteroatoms. The van der Waals surface area contributed by atoms with E-state index in [1.54, 1.807) is 20.3 Å². The molecule has 1 aromatic carbocycles. The minimum absolute atomic E-state index is 0.273. The van der Waals surface area contributed by atoms with Crippen LogP contribution in [0.4, 0.5) is 0 Å². The van der Waals surface area contributed by atoms with Crippen molar-refractivity contribution in [3.05, 3.63) is 23.8 Å². The van der Waals surface area contributed by atoms with Crippen molar-refractivity contribution >= 4 is 5.96 Å². The molecule has 0 bridgehead atoms. The van der Waals surface area contributed by atoms with Gasteiger partial charge in [0.2, 0.25) is 0 Å². The van der Waals surface area contributed by atoms with Gasteiger partial charge in [-0.05, 0) is 56.2 Å². The van der Waals surface area contributed by atoms with E-state index in [1.165, 1.54) is 25.7 Å². The summed E-state index contributed by atoms with van der Waals surface area (Å²) < 4.78 is 10.5. The molecule has 1 atom stereocenters. The Morgan fingerprint density at radius 2 is 1.77 bits per heavy atom. The van der Waals surface area contributed by atoms with Crippen molar-refractivity contribution in [3.63, 3.8) is 0 Å². The van der Waals surface area contributed by atoms with Gasteiger partial charge in [-0.25, -0.2) is 0 Å². The molecule has 0 radical (unpaired) electrons. The Morgan fingerprint density at radius 1 is 1.15 bits per heavy atom. The number of methoxy groups -OCH3 is 2. The lowest BCUT2D eigenvalue weighted by Crippen LogP contribution is -2.45. The van der Waals surface area contributed by atoms with Crippen LogP contribution in [0.3, 0.4) is 0 Å². The van der Waals surface area contributed by atoms with Gasteiger partial charge >= 0.3 is 0 Å². The third kappa shape index (κ3) is 6.09. The van der Waals surface area contributed by atoms with E-state index in [4.69, 9.17) is 9.47 Å². The maximum atomic E-state index is 10.5. The number of hydrogen-bond donors (Lipinski definition) is 3. The number of nitrogens with zero attached hydrogens (tertiary/aromatic N) is 1. The molecular weight excluding hydrogens is 330 g/mol. The Morgan fingerprint density at radius 3 is 2.31 bits per heavy atom. The largest absolute Gasteiger partial charge is 0.497 e. The molecular formula is C20H33N3O3. The van der Waals surface area contributed by atoms with Crippen molar-refractivity contribution in [1.29, 1.82) is 0 Å². The molecule has 0 spiro atoms. The zero-order chi connectivity index (χ0) is 18.9. The van der Waals surface area contributed by atoms with Crippen molar-refractivity contribution in [2.45, 2.75) is 51.7 Å². The van der Waals surface area contributed by atoms with Gasteiger partial charge in [0.1, 0.15) is 11.5 Å². The summed E-state index contributed by atoms with van der Waals surface area (Å²) in [6.45, 7) is 5.42. The lowest BCUT2D eigenvalue weighted by molar-refractivity contribution is 0.186. The van der Waals surface area contributed by atoms with Crippen LogP contribution in [0.2, 0.25) is 0 Å². The summed E-state index contributed by atoms with van der Waals surface area (Å²) in [6.07, 6.45) is 4.12. The van der Waals surface area contributed by atoms with Crippen molar-refractivity contribution < 1.29 is 14.6 Å². The first-order chi connectivity index (χ1) is 12.5. The van der Waals surface area contributed by atoms with E-state index in [1.807, 2.05) is 19.1 Å². The highest BCUT2D eigenvalue weighted by Crippen LogP contribution is 2.27. The van der Waals surface area contributed by atoms with E-state index < -0.39 is 6.10 Å². The normalized spacial score (nSPS) is 21.8. The van der Waals surface area contributed by atoms with Crippen molar-refractivity contribution in [3.8, 4) is 11.5 Å². The third-order valence-corrected chi connectivity index (χ3v) is 4.88. The lowest BCUT2D eigenvalue weighted by atomic mass is 9.87. The fraction of sp³-hybridized carbons (Fsp3) is 0.650. The number of nitrogens with one attached hydrogen (secondary N) is 2. The predicted molar refractivity (Wildman–Crippen MR) is 105 cm³/mol. The molecule has 0 aromatic heterocycles. The Balaban J connectivity index is 2.01. The van der Waals surface area contributed by atoms with Crippen molar-refractivity contribution in [1.82, 2.24) is 10.6 Å². The van der Waals surface area contributed by atoms with E-state index in [9.17, 15) is 5.11 Å². The van der Waals surface area contributed by atoms with Gasteiger partial charge in [0.05, 0.1) is 26.9 Å². The van der Waals surface area contributed by atoms with E-state index in [-0.39, 0.29) is 6.54 Å². The minimum Gasteiger partial charge on any atom is -0.497 e. The summed E-state index contributed by atoms with van der Waals surface area (Å²) >= 11 is 0. The second kappa shape index (κ2) is 10.3. The quantitative estimate of drug-likeness (QED) is 0.513. The number of hydrogen-bond acceptors (Lipinski definition) is 4. The molecule has 1 saturated carbocycles. The molecule has 1 fully saturated rings. The molecule has 0 aliphatic heterocycles. The Bertz CT molecular complexity index is 561. The van der Waals surface area contributed by atoms with Gasteiger partial charge in [-0.3, -0.25) is 4.99 Å². The molecule has 0 amide bonds. The molecule has 3 N–H and O–H groups in total. The van der Waals surface area contributed by atoms with Crippen LogP contribution in [0.5, 0.6) is 11.5 Å². The third-order valence-electron chi connectivity index (χ3n) is 4.88. The van der Waals surface area contributed by atoms with Crippen LogP contribution < -0.4 is 20.1 Å². The van der Waals surface area contributed by atoms with Gasteiger partial charge < -0.3 is 25.2 Å². The number of aliphatic hydroxyl groups is 1. The first-order valence-corrected chi connectivity index (χ1v) is 9.51. The van der Waals surface area contributed by atoms with Crippen molar-refractivity contribution in [2.24, 2.45) is 10.9 Å².